The lowest BCUT2D eigenvalue weighted by atomic mass is 10.1. The summed E-state index contributed by atoms with van der Waals surface area (Å²) in [4.78, 5) is 22.9. The molecule has 2 aromatic heterocycles. The molecule has 0 aliphatic carbocycles. The van der Waals surface area contributed by atoms with Crippen molar-refractivity contribution >= 4 is 33.3 Å². The zero-order valence-corrected chi connectivity index (χ0v) is 16.6. The second-order valence-electron chi connectivity index (χ2n) is 6.33. The van der Waals surface area contributed by atoms with Gasteiger partial charge in [-0.25, -0.2) is 9.97 Å². The van der Waals surface area contributed by atoms with Gasteiger partial charge in [0.25, 0.3) is 5.91 Å². The number of amides is 1. The van der Waals surface area contributed by atoms with Crippen molar-refractivity contribution in [2.24, 2.45) is 0 Å². The molecule has 7 heteroatoms. The third-order valence-corrected chi connectivity index (χ3v) is 5.63. The number of rotatable bonds is 8. The number of benzene rings is 1. The number of carbonyl (C=O) groups is 1. The quantitative estimate of drug-likeness (QED) is 0.618. The lowest BCUT2D eigenvalue weighted by Crippen LogP contribution is -2.24. The summed E-state index contributed by atoms with van der Waals surface area (Å²) >= 11 is 1.39. The number of thiophene rings is 1. The molecule has 0 spiro atoms. The van der Waals surface area contributed by atoms with E-state index in [0.29, 0.717) is 18.0 Å². The van der Waals surface area contributed by atoms with Crippen molar-refractivity contribution < 1.29 is 9.53 Å². The van der Waals surface area contributed by atoms with E-state index in [4.69, 9.17) is 4.74 Å². The highest BCUT2D eigenvalue weighted by molar-refractivity contribution is 7.20. The Bertz CT molecular complexity index is 911. The molecule has 2 heterocycles. The van der Waals surface area contributed by atoms with Crippen LogP contribution in [0.25, 0.3) is 10.2 Å². The van der Waals surface area contributed by atoms with Gasteiger partial charge in [0.05, 0.1) is 22.9 Å². The van der Waals surface area contributed by atoms with E-state index >= 15 is 0 Å². The van der Waals surface area contributed by atoms with Gasteiger partial charge in [0.2, 0.25) is 0 Å². The third kappa shape index (κ3) is 4.43. The Labute approximate surface area is 163 Å². The van der Waals surface area contributed by atoms with Gasteiger partial charge in [-0.3, -0.25) is 4.79 Å². The van der Waals surface area contributed by atoms with Crippen LogP contribution in [0.15, 0.2) is 36.7 Å². The van der Waals surface area contributed by atoms with Gasteiger partial charge in [-0.1, -0.05) is 37.3 Å². The zero-order valence-electron chi connectivity index (χ0n) is 15.8. The number of fused-ring (bicyclic) bond motifs is 1. The molecule has 0 aliphatic rings. The van der Waals surface area contributed by atoms with E-state index in [1.807, 2.05) is 37.3 Å². The van der Waals surface area contributed by atoms with Crippen LogP contribution in [0, 0.1) is 6.92 Å². The van der Waals surface area contributed by atoms with Crippen LogP contribution in [-0.2, 0) is 11.3 Å². The molecule has 0 saturated heterocycles. The Morgan fingerprint density at radius 2 is 2.04 bits per heavy atom. The smallest absolute Gasteiger partial charge is 0.261 e. The maximum Gasteiger partial charge on any atom is 0.261 e. The first-order chi connectivity index (χ1) is 13.1. The molecule has 3 aromatic rings. The van der Waals surface area contributed by atoms with Crippen LogP contribution >= 0.6 is 11.3 Å². The summed E-state index contributed by atoms with van der Waals surface area (Å²) in [5.41, 5.74) is 1.97. The van der Waals surface area contributed by atoms with E-state index in [9.17, 15) is 4.79 Å². The van der Waals surface area contributed by atoms with Gasteiger partial charge in [-0.15, -0.1) is 11.3 Å². The highest BCUT2D eigenvalue weighted by atomic mass is 32.1. The number of hydrogen-bond acceptors (Lipinski definition) is 6. The average molecular weight is 385 g/mol. The van der Waals surface area contributed by atoms with Crippen LogP contribution in [0.5, 0.6) is 0 Å². The van der Waals surface area contributed by atoms with E-state index in [-0.39, 0.29) is 11.9 Å². The molecule has 6 nitrogen and oxygen atoms in total. The number of aryl methyl sites for hydroxylation is 1. The first kappa shape index (κ1) is 19.3. The fourth-order valence-corrected chi connectivity index (χ4v) is 3.98. The third-order valence-electron chi connectivity index (χ3n) is 4.43. The lowest BCUT2D eigenvalue weighted by Gasteiger charge is -2.17. The number of aromatic nitrogens is 2. The van der Waals surface area contributed by atoms with Gasteiger partial charge in [0.1, 0.15) is 17.0 Å². The summed E-state index contributed by atoms with van der Waals surface area (Å²) in [6.45, 7) is 5.13. The minimum atomic E-state index is -0.0887. The highest BCUT2D eigenvalue weighted by Crippen LogP contribution is 2.33. The number of anilines is 1. The Balaban J connectivity index is 1.84. The molecule has 2 N–H and O–H groups in total. The molecule has 1 atom stereocenters. The number of nitrogens with one attached hydrogen (secondary N) is 2. The monoisotopic (exact) mass is 384 g/mol. The summed E-state index contributed by atoms with van der Waals surface area (Å²) in [5, 5.41) is 7.32. The van der Waals surface area contributed by atoms with Crippen molar-refractivity contribution in [2.45, 2.75) is 32.9 Å². The minimum Gasteiger partial charge on any atom is -0.383 e. The summed E-state index contributed by atoms with van der Waals surface area (Å²) in [6, 6.07) is 10.0. The molecule has 0 unspecified atom stereocenters. The predicted molar refractivity (Wildman–Crippen MR) is 109 cm³/mol. The van der Waals surface area contributed by atoms with Crippen LogP contribution in [-0.4, -0.2) is 35.6 Å². The molecule has 27 heavy (non-hydrogen) atoms. The summed E-state index contributed by atoms with van der Waals surface area (Å²) in [5.74, 6) is 0.661. The Morgan fingerprint density at radius 1 is 1.26 bits per heavy atom. The maximum absolute atomic E-state index is 12.7. The van der Waals surface area contributed by atoms with Crippen LogP contribution < -0.4 is 10.6 Å². The second kappa shape index (κ2) is 8.92. The van der Waals surface area contributed by atoms with E-state index in [0.717, 1.165) is 33.6 Å². The molecule has 0 aliphatic heterocycles. The number of hydrogen-bond donors (Lipinski definition) is 2. The fourth-order valence-electron chi connectivity index (χ4n) is 2.91. The molecule has 0 bridgehead atoms. The van der Waals surface area contributed by atoms with Gasteiger partial charge in [-0.2, -0.15) is 0 Å². The van der Waals surface area contributed by atoms with Crippen LogP contribution in [0.4, 0.5) is 5.82 Å². The highest BCUT2D eigenvalue weighted by Gasteiger charge is 2.20. The van der Waals surface area contributed by atoms with Gasteiger partial charge in [0.15, 0.2) is 0 Å². The molecule has 3 rings (SSSR count). The Hall–Kier alpha value is -2.51. The van der Waals surface area contributed by atoms with Gasteiger partial charge >= 0.3 is 0 Å². The first-order valence-corrected chi connectivity index (χ1v) is 9.77. The standard InChI is InChI=1S/C20H24N4O2S/c1-4-15(11-26-3)24-18-16-13(2)17(27-20(16)23-12-22-18)19(25)21-10-14-8-6-5-7-9-14/h5-9,12,15H,4,10-11H2,1-3H3,(H,21,25)(H,22,23,24)/t15-/m0/s1. The molecule has 0 radical (unpaired) electrons. The summed E-state index contributed by atoms with van der Waals surface area (Å²) in [7, 11) is 1.69. The summed E-state index contributed by atoms with van der Waals surface area (Å²) in [6.07, 6.45) is 2.44. The van der Waals surface area contributed by atoms with Gasteiger partial charge in [0, 0.05) is 13.7 Å². The first-order valence-electron chi connectivity index (χ1n) is 8.95. The van der Waals surface area contributed by atoms with Crippen molar-refractivity contribution in [3.63, 3.8) is 0 Å². The van der Waals surface area contributed by atoms with Crippen molar-refractivity contribution in [3.05, 3.63) is 52.7 Å². The van der Waals surface area contributed by atoms with Crippen LogP contribution in [0.2, 0.25) is 0 Å². The topological polar surface area (TPSA) is 76.1 Å². The second-order valence-corrected chi connectivity index (χ2v) is 7.33. The number of ether oxygens (including phenoxy) is 1. The fraction of sp³-hybridized carbons (Fsp3) is 0.350. The molecule has 1 amide bonds. The number of methoxy groups -OCH3 is 1. The van der Waals surface area contributed by atoms with E-state index in [1.54, 1.807) is 7.11 Å². The van der Waals surface area contributed by atoms with Crippen LogP contribution in [0.1, 0.15) is 34.1 Å². The molecule has 0 fully saturated rings. The van der Waals surface area contributed by atoms with Crippen molar-refractivity contribution in [1.82, 2.24) is 15.3 Å². The van der Waals surface area contributed by atoms with Crippen molar-refractivity contribution in [2.75, 3.05) is 19.0 Å². The SMILES string of the molecule is CC[C@@H](COC)Nc1ncnc2sc(C(=O)NCc3ccccc3)c(C)c12. The molecular formula is C20H24N4O2S. The van der Waals surface area contributed by atoms with Gasteiger partial charge in [-0.05, 0) is 24.5 Å². The lowest BCUT2D eigenvalue weighted by molar-refractivity contribution is 0.0954. The van der Waals surface area contributed by atoms with E-state index in [1.165, 1.54) is 17.7 Å². The molecular weight excluding hydrogens is 360 g/mol. The van der Waals surface area contributed by atoms with Crippen molar-refractivity contribution in [3.8, 4) is 0 Å². The summed E-state index contributed by atoms with van der Waals surface area (Å²) < 4.78 is 5.26. The van der Waals surface area contributed by atoms with Crippen LogP contribution in [0.3, 0.4) is 0 Å². The Morgan fingerprint density at radius 3 is 2.74 bits per heavy atom. The zero-order chi connectivity index (χ0) is 19.2. The number of nitrogens with zero attached hydrogens (tertiary/aromatic N) is 2. The molecule has 0 saturated carbocycles. The van der Waals surface area contributed by atoms with Crippen molar-refractivity contribution in [1.29, 1.82) is 0 Å². The molecule has 142 valence electrons. The molecule has 1 aromatic carbocycles. The predicted octanol–water partition coefficient (Wildman–Crippen LogP) is 3.77. The maximum atomic E-state index is 12.7. The normalized spacial score (nSPS) is 12.1. The minimum absolute atomic E-state index is 0.0887. The Kier molecular flexibility index (Phi) is 6.36. The number of carbonyl (C=O) groups excluding carboxylic acids is 1. The largest absolute Gasteiger partial charge is 0.383 e. The van der Waals surface area contributed by atoms with E-state index < -0.39 is 0 Å². The van der Waals surface area contributed by atoms with Gasteiger partial charge < -0.3 is 15.4 Å². The van der Waals surface area contributed by atoms with E-state index in [2.05, 4.69) is 27.5 Å². The average Bonchev–Trinajstić information content (AvgIpc) is 3.04.